The predicted molar refractivity (Wildman–Crippen MR) is 73.7 cm³/mol. The van der Waals surface area contributed by atoms with Crippen molar-refractivity contribution in [3.8, 4) is 0 Å². The molecule has 4 nitrogen and oxygen atoms in total. The Labute approximate surface area is 111 Å². The van der Waals surface area contributed by atoms with Gasteiger partial charge in [0.1, 0.15) is 0 Å². The second-order valence-corrected chi connectivity index (χ2v) is 5.98. The first-order valence-corrected chi connectivity index (χ1v) is 7.36. The minimum absolute atomic E-state index is 0.127. The van der Waals surface area contributed by atoms with Crippen LogP contribution >= 0.6 is 0 Å². The number of hydrogen-bond acceptors (Lipinski definition) is 2. The highest BCUT2D eigenvalue weighted by Crippen LogP contribution is 2.40. The van der Waals surface area contributed by atoms with Gasteiger partial charge in [-0.3, -0.25) is 0 Å². The lowest BCUT2D eigenvalue weighted by molar-refractivity contribution is 0.105. The molecule has 2 amide bonds. The second kappa shape index (κ2) is 5.91. The van der Waals surface area contributed by atoms with E-state index in [9.17, 15) is 4.79 Å². The number of nitrogens with zero attached hydrogens (tertiary/aromatic N) is 2. The molecule has 0 radical (unpaired) electrons. The van der Waals surface area contributed by atoms with Crippen LogP contribution in [0.3, 0.4) is 0 Å². The van der Waals surface area contributed by atoms with Crippen molar-refractivity contribution >= 4 is 6.03 Å². The summed E-state index contributed by atoms with van der Waals surface area (Å²) in [7, 11) is 2.21. The zero-order valence-corrected chi connectivity index (χ0v) is 11.9. The summed E-state index contributed by atoms with van der Waals surface area (Å²) < 4.78 is 0. The molecule has 2 aliphatic heterocycles. The molecule has 1 spiro atoms. The Hall–Kier alpha value is -0.770. The van der Waals surface area contributed by atoms with Crippen molar-refractivity contribution in [1.82, 2.24) is 15.1 Å². The van der Waals surface area contributed by atoms with E-state index in [-0.39, 0.29) is 6.03 Å². The standard InChI is InChI=1S/C14H27N3O/c1-3-15-13(18)17-9-4-5-14(8-12-17)6-10-16(2)11-7-14/h3-12H2,1-2H3,(H,15,18). The SMILES string of the molecule is CCNC(=O)N1CCCC2(CCN(C)CC2)CC1. The van der Waals surface area contributed by atoms with E-state index in [1.807, 2.05) is 11.8 Å². The maximum atomic E-state index is 11.9. The van der Waals surface area contributed by atoms with Gasteiger partial charge in [-0.1, -0.05) is 0 Å². The largest absolute Gasteiger partial charge is 0.338 e. The van der Waals surface area contributed by atoms with Gasteiger partial charge < -0.3 is 15.1 Å². The minimum Gasteiger partial charge on any atom is -0.338 e. The summed E-state index contributed by atoms with van der Waals surface area (Å²) in [4.78, 5) is 16.3. The molecule has 0 aromatic heterocycles. The number of carbonyl (C=O) groups is 1. The second-order valence-electron chi connectivity index (χ2n) is 5.98. The maximum Gasteiger partial charge on any atom is 0.317 e. The van der Waals surface area contributed by atoms with Crippen molar-refractivity contribution < 1.29 is 4.79 Å². The highest BCUT2D eigenvalue weighted by molar-refractivity contribution is 5.74. The molecule has 2 aliphatic rings. The third-order valence-electron chi connectivity index (χ3n) is 4.71. The minimum atomic E-state index is 0.127. The van der Waals surface area contributed by atoms with Gasteiger partial charge in [0.05, 0.1) is 0 Å². The normalized spacial score (nSPS) is 24.9. The van der Waals surface area contributed by atoms with Gasteiger partial charge in [0.2, 0.25) is 0 Å². The molecule has 0 bridgehead atoms. The molecule has 0 aromatic rings. The molecule has 0 atom stereocenters. The molecule has 0 unspecified atom stereocenters. The fourth-order valence-electron chi connectivity index (χ4n) is 3.31. The summed E-state index contributed by atoms with van der Waals surface area (Å²) in [5.41, 5.74) is 0.522. The van der Waals surface area contributed by atoms with Gasteiger partial charge in [-0.05, 0) is 64.6 Å². The zero-order chi connectivity index (χ0) is 13.0. The summed E-state index contributed by atoms with van der Waals surface area (Å²) in [6.45, 7) is 7.03. The van der Waals surface area contributed by atoms with Crippen molar-refractivity contribution in [3.63, 3.8) is 0 Å². The van der Waals surface area contributed by atoms with E-state index in [1.54, 1.807) is 0 Å². The third kappa shape index (κ3) is 3.16. The highest BCUT2D eigenvalue weighted by atomic mass is 16.2. The summed E-state index contributed by atoms with van der Waals surface area (Å²) >= 11 is 0. The van der Waals surface area contributed by atoms with Gasteiger partial charge in [0.15, 0.2) is 0 Å². The molecule has 0 saturated carbocycles. The van der Waals surface area contributed by atoms with Crippen LogP contribution in [-0.2, 0) is 0 Å². The Kier molecular flexibility index (Phi) is 4.49. The molecule has 0 aromatic carbocycles. The maximum absolute atomic E-state index is 11.9. The monoisotopic (exact) mass is 253 g/mol. The summed E-state index contributed by atoms with van der Waals surface area (Å²) in [6.07, 6.45) is 6.29. The van der Waals surface area contributed by atoms with E-state index in [2.05, 4.69) is 17.3 Å². The lowest BCUT2D eigenvalue weighted by atomic mass is 9.73. The Morgan fingerprint density at radius 1 is 1.11 bits per heavy atom. The molecular weight excluding hydrogens is 226 g/mol. The number of piperidine rings is 1. The predicted octanol–water partition coefficient (Wildman–Crippen LogP) is 1.91. The first-order chi connectivity index (χ1) is 8.65. The quantitative estimate of drug-likeness (QED) is 0.775. The molecule has 1 N–H and O–H groups in total. The van der Waals surface area contributed by atoms with Crippen LogP contribution in [0.15, 0.2) is 0 Å². The van der Waals surface area contributed by atoms with Crippen LogP contribution in [0.5, 0.6) is 0 Å². The molecular formula is C14H27N3O. The zero-order valence-electron chi connectivity index (χ0n) is 11.9. The van der Waals surface area contributed by atoms with E-state index >= 15 is 0 Å². The molecule has 18 heavy (non-hydrogen) atoms. The number of urea groups is 1. The number of carbonyl (C=O) groups excluding carboxylic acids is 1. The number of hydrogen-bond donors (Lipinski definition) is 1. The summed E-state index contributed by atoms with van der Waals surface area (Å²) in [6, 6.07) is 0.127. The Bertz CT molecular complexity index is 285. The van der Waals surface area contributed by atoms with E-state index in [4.69, 9.17) is 0 Å². The van der Waals surface area contributed by atoms with Crippen molar-refractivity contribution in [2.45, 2.75) is 39.0 Å². The number of amides is 2. The van der Waals surface area contributed by atoms with Crippen LogP contribution in [0.25, 0.3) is 0 Å². The topological polar surface area (TPSA) is 35.6 Å². The smallest absolute Gasteiger partial charge is 0.317 e. The van der Waals surface area contributed by atoms with Crippen LogP contribution < -0.4 is 5.32 Å². The molecule has 2 saturated heterocycles. The first-order valence-electron chi connectivity index (χ1n) is 7.36. The van der Waals surface area contributed by atoms with Gasteiger partial charge in [-0.25, -0.2) is 4.79 Å². The number of nitrogens with one attached hydrogen (secondary N) is 1. The van der Waals surface area contributed by atoms with E-state index in [1.165, 1.54) is 45.2 Å². The Balaban J connectivity index is 1.90. The van der Waals surface area contributed by atoms with E-state index < -0.39 is 0 Å². The fraction of sp³-hybridized carbons (Fsp3) is 0.929. The van der Waals surface area contributed by atoms with E-state index in [0.717, 1.165) is 19.6 Å². The molecule has 4 heteroatoms. The fourth-order valence-corrected chi connectivity index (χ4v) is 3.31. The lowest BCUT2D eigenvalue weighted by Gasteiger charge is -2.40. The molecule has 104 valence electrons. The summed E-state index contributed by atoms with van der Waals surface area (Å²) in [5.74, 6) is 0. The van der Waals surface area contributed by atoms with Gasteiger partial charge in [0, 0.05) is 19.6 Å². The van der Waals surface area contributed by atoms with Crippen molar-refractivity contribution in [2.24, 2.45) is 5.41 Å². The van der Waals surface area contributed by atoms with Crippen molar-refractivity contribution in [1.29, 1.82) is 0 Å². The van der Waals surface area contributed by atoms with Gasteiger partial charge in [-0.15, -0.1) is 0 Å². The van der Waals surface area contributed by atoms with Crippen LogP contribution in [-0.4, -0.2) is 55.6 Å². The van der Waals surface area contributed by atoms with Gasteiger partial charge in [0.25, 0.3) is 0 Å². The molecule has 0 aliphatic carbocycles. The molecule has 2 rings (SSSR count). The van der Waals surface area contributed by atoms with Crippen LogP contribution in [0, 0.1) is 5.41 Å². The average Bonchev–Trinajstić information content (AvgIpc) is 2.57. The van der Waals surface area contributed by atoms with E-state index in [0.29, 0.717) is 5.41 Å². The highest BCUT2D eigenvalue weighted by Gasteiger charge is 2.35. The third-order valence-corrected chi connectivity index (χ3v) is 4.71. The Morgan fingerprint density at radius 3 is 2.44 bits per heavy atom. The van der Waals surface area contributed by atoms with Crippen LogP contribution in [0.4, 0.5) is 4.79 Å². The van der Waals surface area contributed by atoms with Crippen molar-refractivity contribution in [2.75, 3.05) is 39.8 Å². The molecule has 2 heterocycles. The number of likely N-dealkylation sites (tertiary alicyclic amines) is 2. The van der Waals surface area contributed by atoms with Crippen molar-refractivity contribution in [3.05, 3.63) is 0 Å². The first kappa shape index (κ1) is 13.7. The van der Waals surface area contributed by atoms with Crippen LogP contribution in [0.2, 0.25) is 0 Å². The lowest BCUT2D eigenvalue weighted by Crippen LogP contribution is -2.41. The summed E-state index contributed by atoms with van der Waals surface area (Å²) in [5, 5.41) is 2.92. The van der Waals surface area contributed by atoms with Crippen LogP contribution in [0.1, 0.15) is 39.0 Å². The molecule has 2 fully saturated rings. The average molecular weight is 253 g/mol. The van der Waals surface area contributed by atoms with Gasteiger partial charge >= 0.3 is 6.03 Å². The Morgan fingerprint density at radius 2 is 1.78 bits per heavy atom. The number of rotatable bonds is 1. The van der Waals surface area contributed by atoms with Gasteiger partial charge in [-0.2, -0.15) is 0 Å².